The second kappa shape index (κ2) is 10.5. The van der Waals surface area contributed by atoms with Gasteiger partial charge in [0.15, 0.2) is 0 Å². The van der Waals surface area contributed by atoms with E-state index < -0.39 is 33.3 Å². The fourth-order valence-corrected chi connectivity index (χ4v) is 7.81. The van der Waals surface area contributed by atoms with Crippen molar-refractivity contribution in [2.75, 3.05) is 0 Å². The van der Waals surface area contributed by atoms with E-state index in [1.165, 1.54) is 0 Å². The standard InChI is InChI=1S/C22H44O4Si4/c1-13-27(5,6)23-19-17-21(25-29(9,10)15-3)22(26-30(11,12)16-4)18-20(19)24-28(7,8)14-2/h13-16,19-22H,1-4,17-18H2,5-12H3. The molecular weight excluding hydrogens is 441 g/mol. The number of hydrogen-bond acceptors (Lipinski definition) is 4. The smallest absolute Gasteiger partial charge is 0.211 e. The molecule has 0 aromatic rings. The van der Waals surface area contributed by atoms with E-state index in [1.54, 1.807) is 0 Å². The molecule has 0 amide bonds. The van der Waals surface area contributed by atoms with Gasteiger partial charge >= 0.3 is 0 Å². The van der Waals surface area contributed by atoms with Crippen LogP contribution in [0.2, 0.25) is 52.4 Å². The lowest BCUT2D eigenvalue weighted by atomic mass is 9.90. The second-order valence-electron chi connectivity index (χ2n) is 10.3. The lowest BCUT2D eigenvalue weighted by Crippen LogP contribution is -2.57. The Morgan fingerprint density at radius 3 is 0.767 bits per heavy atom. The highest BCUT2D eigenvalue weighted by molar-refractivity contribution is 6.77. The average Bonchev–Trinajstić information content (AvgIpc) is 2.64. The molecule has 30 heavy (non-hydrogen) atoms. The first-order valence-electron chi connectivity index (χ1n) is 10.8. The predicted octanol–water partition coefficient (Wildman–Crippen LogP) is 6.04. The lowest BCUT2D eigenvalue weighted by Gasteiger charge is -2.47. The normalized spacial score (nSPS) is 26.1. The summed E-state index contributed by atoms with van der Waals surface area (Å²) in [5.74, 6) is 0. The molecule has 1 fully saturated rings. The van der Waals surface area contributed by atoms with Gasteiger partial charge in [-0.1, -0.05) is 22.8 Å². The summed E-state index contributed by atoms with van der Waals surface area (Å²) in [6.45, 7) is 33.3. The van der Waals surface area contributed by atoms with Crippen LogP contribution in [-0.4, -0.2) is 57.7 Å². The van der Waals surface area contributed by atoms with Crippen molar-refractivity contribution in [3.05, 3.63) is 49.1 Å². The maximum atomic E-state index is 6.64. The topological polar surface area (TPSA) is 36.9 Å². The van der Waals surface area contributed by atoms with Crippen LogP contribution >= 0.6 is 0 Å². The van der Waals surface area contributed by atoms with Gasteiger partial charge < -0.3 is 17.7 Å². The zero-order valence-corrected chi connectivity index (χ0v) is 24.5. The molecule has 1 saturated carbocycles. The minimum atomic E-state index is -2.00. The molecule has 0 aromatic carbocycles. The average molecular weight is 485 g/mol. The lowest BCUT2D eigenvalue weighted by molar-refractivity contribution is -0.0819. The van der Waals surface area contributed by atoms with Gasteiger partial charge in [0.25, 0.3) is 0 Å². The molecule has 172 valence electrons. The van der Waals surface area contributed by atoms with E-state index in [2.05, 4.69) is 78.7 Å². The first-order chi connectivity index (χ1) is 13.6. The Kier molecular flexibility index (Phi) is 9.72. The molecule has 0 spiro atoms. The molecule has 4 unspecified atom stereocenters. The number of hydrogen-bond donors (Lipinski definition) is 0. The molecule has 1 rings (SSSR count). The van der Waals surface area contributed by atoms with E-state index in [9.17, 15) is 0 Å². The first kappa shape index (κ1) is 27.7. The Hall–Kier alpha value is -0.332. The second-order valence-corrected chi connectivity index (χ2v) is 25.7. The van der Waals surface area contributed by atoms with Crippen LogP contribution < -0.4 is 0 Å². The van der Waals surface area contributed by atoms with E-state index in [0.717, 1.165) is 12.8 Å². The van der Waals surface area contributed by atoms with Crippen molar-refractivity contribution >= 4 is 33.3 Å². The van der Waals surface area contributed by atoms with Crippen LogP contribution in [0.1, 0.15) is 12.8 Å². The quantitative estimate of drug-likeness (QED) is 0.316. The Bertz CT molecular complexity index is 525. The van der Waals surface area contributed by atoms with E-state index in [0.29, 0.717) is 0 Å². The summed E-state index contributed by atoms with van der Waals surface area (Å²) in [5, 5.41) is 0. The maximum absolute atomic E-state index is 6.64. The molecule has 0 aliphatic heterocycles. The van der Waals surface area contributed by atoms with Gasteiger partial charge in [-0.2, -0.15) is 0 Å². The van der Waals surface area contributed by atoms with E-state index in [1.807, 2.05) is 22.8 Å². The van der Waals surface area contributed by atoms with Crippen molar-refractivity contribution in [3.8, 4) is 0 Å². The molecule has 1 aliphatic rings. The van der Waals surface area contributed by atoms with Crippen molar-refractivity contribution in [1.29, 1.82) is 0 Å². The third kappa shape index (κ3) is 8.66. The van der Waals surface area contributed by atoms with Gasteiger partial charge in [0.1, 0.15) is 0 Å². The Morgan fingerprint density at radius 2 is 0.633 bits per heavy atom. The van der Waals surface area contributed by atoms with E-state index in [4.69, 9.17) is 17.7 Å². The molecule has 8 heteroatoms. The maximum Gasteiger partial charge on any atom is 0.211 e. The van der Waals surface area contributed by atoms with E-state index >= 15 is 0 Å². The summed E-state index contributed by atoms with van der Waals surface area (Å²) in [4.78, 5) is 0. The Labute approximate surface area is 189 Å². The SMILES string of the molecule is C=C[Si](C)(C)OC1CC(O[Si](C)(C)C=C)C(O[Si](C)(C)C=C)CC1O[Si](C)(C)C=C. The highest BCUT2D eigenvalue weighted by Crippen LogP contribution is 2.35. The molecule has 0 heterocycles. The highest BCUT2D eigenvalue weighted by Gasteiger charge is 2.46. The molecule has 4 nitrogen and oxygen atoms in total. The number of rotatable bonds is 12. The van der Waals surface area contributed by atoms with Crippen molar-refractivity contribution in [3.63, 3.8) is 0 Å². The van der Waals surface area contributed by atoms with Crippen molar-refractivity contribution in [1.82, 2.24) is 0 Å². The third-order valence-electron chi connectivity index (χ3n) is 5.55. The van der Waals surface area contributed by atoms with E-state index in [-0.39, 0.29) is 24.4 Å². The summed E-state index contributed by atoms with van der Waals surface area (Å²) in [5.41, 5.74) is 7.92. The van der Waals surface area contributed by atoms with Crippen molar-refractivity contribution < 1.29 is 17.7 Å². The molecule has 0 radical (unpaired) electrons. The Balaban J connectivity index is 3.28. The fraction of sp³-hybridized carbons (Fsp3) is 0.636. The van der Waals surface area contributed by atoms with Gasteiger partial charge in [0, 0.05) is 12.8 Å². The van der Waals surface area contributed by atoms with Crippen LogP contribution in [0.25, 0.3) is 0 Å². The molecule has 0 saturated heterocycles. The third-order valence-corrected chi connectivity index (χ3v) is 13.1. The molecule has 0 N–H and O–H groups in total. The minimum absolute atomic E-state index is 0.0515. The van der Waals surface area contributed by atoms with Crippen molar-refractivity contribution in [2.24, 2.45) is 0 Å². The summed E-state index contributed by atoms with van der Waals surface area (Å²) in [6.07, 6.45) is 1.28. The van der Waals surface area contributed by atoms with Gasteiger partial charge in [0.2, 0.25) is 33.3 Å². The summed E-state index contributed by atoms with van der Waals surface area (Å²) < 4.78 is 26.6. The molecular formula is C22H44O4Si4. The zero-order valence-electron chi connectivity index (χ0n) is 20.5. The van der Waals surface area contributed by atoms with Crippen LogP contribution in [0.3, 0.4) is 0 Å². The fourth-order valence-electron chi connectivity index (χ4n) is 3.31. The van der Waals surface area contributed by atoms with Crippen LogP contribution in [-0.2, 0) is 17.7 Å². The van der Waals surface area contributed by atoms with Gasteiger partial charge in [-0.25, -0.2) is 0 Å². The minimum Gasteiger partial charge on any atom is -0.408 e. The van der Waals surface area contributed by atoms with Crippen molar-refractivity contribution in [2.45, 2.75) is 89.6 Å². The van der Waals surface area contributed by atoms with Gasteiger partial charge in [-0.15, -0.1) is 26.3 Å². The molecule has 4 atom stereocenters. The first-order valence-corrected chi connectivity index (χ1v) is 22.8. The molecule has 1 aliphatic carbocycles. The highest BCUT2D eigenvalue weighted by atomic mass is 28.4. The van der Waals surface area contributed by atoms with Crippen LogP contribution in [0.4, 0.5) is 0 Å². The van der Waals surface area contributed by atoms with Gasteiger partial charge in [0.05, 0.1) is 24.4 Å². The van der Waals surface area contributed by atoms with Crippen LogP contribution in [0.5, 0.6) is 0 Å². The summed E-state index contributed by atoms with van der Waals surface area (Å²) in [6, 6.07) is 0. The Morgan fingerprint density at radius 1 is 0.467 bits per heavy atom. The largest absolute Gasteiger partial charge is 0.408 e. The predicted molar refractivity (Wildman–Crippen MR) is 139 cm³/mol. The van der Waals surface area contributed by atoms with Gasteiger partial charge in [-0.05, 0) is 52.4 Å². The monoisotopic (exact) mass is 484 g/mol. The zero-order chi connectivity index (χ0) is 23.4. The molecule has 0 bridgehead atoms. The molecule has 0 aromatic heterocycles. The van der Waals surface area contributed by atoms with Crippen LogP contribution in [0, 0.1) is 0 Å². The van der Waals surface area contributed by atoms with Crippen LogP contribution in [0.15, 0.2) is 49.1 Å². The van der Waals surface area contributed by atoms with Gasteiger partial charge in [-0.3, -0.25) is 0 Å². The summed E-state index contributed by atoms with van der Waals surface area (Å²) >= 11 is 0. The summed E-state index contributed by atoms with van der Waals surface area (Å²) in [7, 11) is -8.01.